The Morgan fingerprint density at radius 1 is 1.35 bits per heavy atom. The number of carbonyl (C=O) groups excluding carboxylic acids is 1. The molecule has 6 heteroatoms. The van der Waals surface area contributed by atoms with Crippen molar-refractivity contribution in [2.45, 2.75) is 30.7 Å². The molecule has 1 atom stereocenters. The largest absolute Gasteiger partial charge is 0.467 e. The summed E-state index contributed by atoms with van der Waals surface area (Å²) < 4.78 is 31.1. The number of sulfonamides is 1. The predicted octanol–water partition coefficient (Wildman–Crippen LogP) is 1.83. The van der Waals surface area contributed by atoms with E-state index in [0.29, 0.717) is 18.5 Å². The Morgan fingerprint density at radius 3 is 2.50 bits per heavy atom. The average Bonchev–Trinajstić information content (AvgIpc) is 2.81. The lowest BCUT2D eigenvalue weighted by Crippen LogP contribution is -2.40. The van der Waals surface area contributed by atoms with Gasteiger partial charge in [0.15, 0.2) is 0 Å². The van der Waals surface area contributed by atoms with Gasteiger partial charge in [0.05, 0.1) is 12.0 Å². The van der Waals surface area contributed by atoms with Gasteiger partial charge in [-0.15, -0.1) is 0 Å². The van der Waals surface area contributed by atoms with Gasteiger partial charge in [-0.2, -0.15) is 0 Å². The Kier molecular flexibility index (Phi) is 3.85. The van der Waals surface area contributed by atoms with Crippen LogP contribution in [0, 0.1) is 6.92 Å². The highest BCUT2D eigenvalue weighted by atomic mass is 32.2. The molecule has 0 saturated carbocycles. The first-order chi connectivity index (χ1) is 9.37. The monoisotopic (exact) mass is 295 g/mol. The second kappa shape index (κ2) is 5.28. The second-order valence-corrected chi connectivity index (χ2v) is 6.57. The molecule has 2 rings (SSSR count). The van der Waals surface area contributed by atoms with Crippen molar-refractivity contribution in [1.29, 1.82) is 0 Å². The standard InChI is InChI=1S/C14H17NO4S/c1-10-4-7-12(8-5-10)20(17,18)15-11(2)6-9-13(15)14(16)19-3/h4-5,7-8,13H,2,6,9H2,1,3H3/t13-/m1/s1. The third-order valence-corrected chi connectivity index (χ3v) is 5.25. The molecule has 1 aliphatic heterocycles. The summed E-state index contributed by atoms with van der Waals surface area (Å²) in [5, 5.41) is 0. The molecule has 5 nitrogen and oxygen atoms in total. The zero-order valence-electron chi connectivity index (χ0n) is 11.5. The molecule has 1 heterocycles. The van der Waals surface area contributed by atoms with E-state index in [2.05, 4.69) is 11.3 Å². The molecule has 108 valence electrons. The van der Waals surface area contributed by atoms with Crippen LogP contribution in [0.2, 0.25) is 0 Å². The molecule has 0 radical (unpaired) electrons. The fraction of sp³-hybridized carbons (Fsp3) is 0.357. The van der Waals surface area contributed by atoms with Gasteiger partial charge in [0.1, 0.15) is 6.04 Å². The molecule has 0 aliphatic carbocycles. The van der Waals surface area contributed by atoms with Crippen LogP contribution >= 0.6 is 0 Å². The first-order valence-corrected chi connectivity index (χ1v) is 7.68. The third kappa shape index (κ3) is 2.43. The van der Waals surface area contributed by atoms with Crippen LogP contribution in [0.25, 0.3) is 0 Å². The maximum absolute atomic E-state index is 12.6. The minimum Gasteiger partial charge on any atom is -0.467 e. The second-order valence-electron chi connectivity index (χ2n) is 4.76. The van der Waals surface area contributed by atoms with Crippen LogP contribution in [0.4, 0.5) is 0 Å². The number of benzene rings is 1. The predicted molar refractivity (Wildman–Crippen MR) is 74.4 cm³/mol. The molecule has 0 aromatic heterocycles. The molecule has 20 heavy (non-hydrogen) atoms. The summed E-state index contributed by atoms with van der Waals surface area (Å²) in [6, 6.07) is 5.69. The van der Waals surface area contributed by atoms with E-state index in [-0.39, 0.29) is 4.90 Å². The molecule has 1 fully saturated rings. The third-order valence-electron chi connectivity index (χ3n) is 3.35. The summed E-state index contributed by atoms with van der Waals surface area (Å²) in [6.07, 6.45) is 0.863. The molecular weight excluding hydrogens is 278 g/mol. The van der Waals surface area contributed by atoms with Crippen molar-refractivity contribution in [2.24, 2.45) is 0 Å². The summed E-state index contributed by atoms with van der Waals surface area (Å²) in [6.45, 7) is 5.63. The topological polar surface area (TPSA) is 63.7 Å². The van der Waals surface area contributed by atoms with Crippen molar-refractivity contribution in [2.75, 3.05) is 7.11 Å². The number of hydrogen-bond donors (Lipinski definition) is 0. The SMILES string of the molecule is C=C1CC[C@H](C(=O)OC)N1S(=O)(=O)c1ccc(C)cc1. The van der Waals surface area contributed by atoms with E-state index in [4.69, 9.17) is 0 Å². The quantitative estimate of drug-likeness (QED) is 0.798. The van der Waals surface area contributed by atoms with Gasteiger partial charge in [-0.05, 0) is 31.9 Å². The molecule has 1 saturated heterocycles. The smallest absolute Gasteiger partial charge is 0.329 e. The van der Waals surface area contributed by atoms with Crippen molar-refractivity contribution >= 4 is 16.0 Å². The van der Waals surface area contributed by atoms with Crippen LogP contribution in [0.5, 0.6) is 0 Å². The lowest BCUT2D eigenvalue weighted by molar-refractivity contribution is -0.144. The normalized spacial score (nSPS) is 19.2. The van der Waals surface area contributed by atoms with Gasteiger partial charge in [0, 0.05) is 5.70 Å². The first kappa shape index (κ1) is 14.6. The average molecular weight is 295 g/mol. The number of allylic oxidation sites excluding steroid dienone is 1. The van der Waals surface area contributed by atoms with Gasteiger partial charge in [-0.1, -0.05) is 24.3 Å². The van der Waals surface area contributed by atoms with E-state index >= 15 is 0 Å². The fourth-order valence-electron chi connectivity index (χ4n) is 2.26. The van der Waals surface area contributed by atoms with E-state index in [9.17, 15) is 13.2 Å². The first-order valence-electron chi connectivity index (χ1n) is 6.24. The minimum absolute atomic E-state index is 0.153. The lowest BCUT2D eigenvalue weighted by atomic mass is 10.2. The van der Waals surface area contributed by atoms with Crippen molar-refractivity contribution in [3.63, 3.8) is 0 Å². The van der Waals surface area contributed by atoms with Crippen LogP contribution in [0.15, 0.2) is 41.4 Å². The molecule has 0 amide bonds. The van der Waals surface area contributed by atoms with Crippen molar-refractivity contribution in [3.8, 4) is 0 Å². The van der Waals surface area contributed by atoms with Gasteiger partial charge in [-0.25, -0.2) is 13.2 Å². The van der Waals surface area contributed by atoms with E-state index in [1.54, 1.807) is 12.1 Å². The minimum atomic E-state index is -3.78. The van der Waals surface area contributed by atoms with E-state index in [1.165, 1.54) is 19.2 Å². The zero-order chi connectivity index (χ0) is 14.9. The molecule has 1 aliphatic rings. The van der Waals surface area contributed by atoms with Crippen molar-refractivity contribution < 1.29 is 17.9 Å². The Morgan fingerprint density at radius 2 is 1.95 bits per heavy atom. The molecule has 1 aromatic rings. The number of aryl methyl sites for hydroxylation is 1. The van der Waals surface area contributed by atoms with Gasteiger partial charge in [0.2, 0.25) is 0 Å². The highest BCUT2D eigenvalue weighted by molar-refractivity contribution is 7.89. The summed E-state index contributed by atoms with van der Waals surface area (Å²) in [5.41, 5.74) is 1.38. The zero-order valence-corrected chi connectivity index (χ0v) is 12.3. The van der Waals surface area contributed by atoms with E-state index < -0.39 is 22.0 Å². The van der Waals surface area contributed by atoms with Crippen LogP contribution in [0.3, 0.4) is 0 Å². The number of hydrogen-bond acceptors (Lipinski definition) is 4. The molecule has 1 aromatic carbocycles. The Bertz CT molecular complexity index is 634. The van der Waals surface area contributed by atoms with Crippen LogP contribution in [0.1, 0.15) is 18.4 Å². The molecule has 0 bridgehead atoms. The van der Waals surface area contributed by atoms with E-state index in [0.717, 1.165) is 9.87 Å². The van der Waals surface area contributed by atoms with Crippen LogP contribution in [-0.2, 0) is 19.6 Å². The lowest BCUT2D eigenvalue weighted by Gasteiger charge is -2.25. The maximum Gasteiger partial charge on any atom is 0.329 e. The number of nitrogens with zero attached hydrogens (tertiary/aromatic N) is 1. The number of ether oxygens (including phenoxy) is 1. The Balaban J connectivity index is 2.43. The van der Waals surface area contributed by atoms with E-state index in [1.807, 2.05) is 6.92 Å². The summed E-state index contributed by atoms with van der Waals surface area (Å²) in [5.74, 6) is -0.556. The summed E-state index contributed by atoms with van der Waals surface area (Å²) in [4.78, 5) is 11.9. The Hall–Kier alpha value is -1.82. The molecule has 0 unspecified atom stereocenters. The molecule has 0 N–H and O–H groups in total. The number of esters is 1. The fourth-order valence-corrected chi connectivity index (χ4v) is 3.93. The number of carbonyl (C=O) groups is 1. The van der Waals surface area contributed by atoms with Crippen molar-refractivity contribution in [1.82, 2.24) is 4.31 Å². The Labute approximate surface area is 118 Å². The highest BCUT2D eigenvalue weighted by Crippen LogP contribution is 2.33. The van der Waals surface area contributed by atoms with Gasteiger partial charge in [0.25, 0.3) is 10.0 Å². The van der Waals surface area contributed by atoms with Gasteiger partial charge < -0.3 is 4.74 Å². The highest BCUT2D eigenvalue weighted by Gasteiger charge is 2.41. The van der Waals surface area contributed by atoms with Gasteiger partial charge in [-0.3, -0.25) is 4.31 Å². The van der Waals surface area contributed by atoms with Crippen molar-refractivity contribution in [3.05, 3.63) is 42.1 Å². The van der Waals surface area contributed by atoms with Gasteiger partial charge >= 0.3 is 5.97 Å². The summed E-state index contributed by atoms with van der Waals surface area (Å²) >= 11 is 0. The summed E-state index contributed by atoms with van der Waals surface area (Å²) in [7, 11) is -2.53. The molecular formula is C14H17NO4S. The maximum atomic E-state index is 12.6. The van der Waals surface area contributed by atoms with Crippen LogP contribution < -0.4 is 0 Å². The van der Waals surface area contributed by atoms with Crippen LogP contribution in [-0.4, -0.2) is 31.8 Å². The number of methoxy groups -OCH3 is 1. The number of rotatable bonds is 3. The molecule has 0 spiro atoms.